The second-order valence-corrected chi connectivity index (χ2v) is 6.45. The van der Waals surface area contributed by atoms with E-state index in [1.165, 1.54) is 23.9 Å². The van der Waals surface area contributed by atoms with Gasteiger partial charge in [0.25, 0.3) is 0 Å². The van der Waals surface area contributed by atoms with Crippen molar-refractivity contribution in [2.24, 2.45) is 0 Å². The summed E-state index contributed by atoms with van der Waals surface area (Å²) in [6.07, 6.45) is -3.27. The molecule has 2 amide bonds. The van der Waals surface area contributed by atoms with Gasteiger partial charge < -0.3 is 10.6 Å². The number of hydrogen-bond acceptors (Lipinski definition) is 4. The molecule has 2 atom stereocenters. The molecular formula is C15H18F3N3O2S. The minimum absolute atomic E-state index is 0.00459. The van der Waals surface area contributed by atoms with E-state index in [0.29, 0.717) is 6.42 Å². The highest BCUT2D eigenvalue weighted by molar-refractivity contribution is 8.00. The van der Waals surface area contributed by atoms with Crippen LogP contribution in [-0.4, -0.2) is 29.1 Å². The first kappa shape index (κ1) is 18.6. The van der Waals surface area contributed by atoms with E-state index < -0.39 is 17.6 Å². The standard InChI is InChI=1S/C15H18F3N3O2S/c1-2-10-7-12(22)21-14(20-10)24-8-13(23)19-11-5-3-4-9(6-11)15(16,17)18/h3-6,10,14,20H,2,7-8H2,1H3,(H,19,23)(H,21,22). The number of rotatable bonds is 5. The van der Waals surface area contributed by atoms with Crippen molar-refractivity contribution in [2.75, 3.05) is 11.1 Å². The number of anilines is 1. The Morgan fingerprint density at radius 3 is 2.83 bits per heavy atom. The van der Waals surface area contributed by atoms with Crippen LogP contribution in [0.5, 0.6) is 0 Å². The lowest BCUT2D eigenvalue weighted by Crippen LogP contribution is -2.54. The molecule has 1 aromatic rings. The van der Waals surface area contributed by atoms with E-state index in [0.717, 1.165) is 18.6 Å². The molecule has 1 aliphatic rings. The maximum Gasteiger partial charge on any atom is 0.416 e. The second kappa shape index (κ2) is 7.89. The minimum Gasteiger partial charge on any atom is -0.332 e. The first-order valence-electron chi connectivity index (χ1n) is 7.42. The minimum atomic E-state index is -4.46. The average molecular weight is 361 g/mol. The Balaban J connectivity index is 1.86. The summed E-state index contributed by atoms with van der Waals surface area (Å²) in [7, 11) is 0. The number of nitrogens with one attached hydrogen (secondary N) is 3. The third kappa shape index (κ3) is 5.41. The molecule has 1 heterocycles. The van der Waals surface area contributed by atoms with Crippen molar-refractivity contribution in [1.82, 2.24) is 10.6 Å². The first-order valence-corrected chi connectivity index (χ1v) is 8.47. The SMILES string of the molecule is CCC1CC(=O)NC(SCC(=O)Nc2cccc(C(F)(F)F)c2)N1. The normalized spacial score (nSPS) is 21.2. The lowest BCUT2D eigenvalue weighted by molar-refractivity contribution is -0.137. The Hall–Kier alpha value is -1.74. The van der Waals surface area contributed by atoms with Gasteiger partial charge in [-0.1, -0.05) is 13.0 Å². The smallest absolute Gasteiger partial charge is 0.332 e. The molecule has 0 aromatic heterocycles. The fraction of sp³-hybridized carbons (Fsp3) is 0.467. The molecule has 0 aliphatic carbocycles. The summed E-state index contributed by atoms with van der Waals surface area (Å²) in [6.45, 7) is 1.96. The Labute approximate surface area is 141 Å². The van der Waals surface area contributed by atoms with E-state index in [1.54, 1.807) is 0 Å². The molecule has 0 radical (unpaired) electrons. The summed E-state index contributed by atoms with van der Waals surface area (Å²) in [5.74, 6) is -0.518. The molecule has 1 fully saturated rings. The van der Waals surface area contributed by atoms with Gasteiger partial charge >= 0.3 is 6.18 Å². The third-order valence-corrected chi connectivity index (χ3v) is 4.47. The van der Waals surface area contributed by atoms with Crippen LogP contribution >= 0.6 is 11.8 Å². The number of halogens is 3. The van der Waals surface area contributed by atoms with Gasteiger partial charge in [-0.25, -0.2) is 0 Å². The number of alkyl halides is 3. The van der Waals surface area contributed by atoms with E-state index in [-0.39, 0.29) is 28.9 Å². The van der Waals surface area contributed by atoms with Crippen LogP contribution in [0.2, 0.25) is 0 Å². The summed E-state index contributed by atoms with van der Waals surface area (Å²) in [4.78, 5) is 23.4. The maximum absolute atomic E-state index is 12.6. The molecule has 0 bridgehead atoms. The van der Waals surface area contributed by atoms with Gasteiger partial charge in [0.05, 0.1) is 11.3 Å². The van der Waals surface area contributed by atoms with Crippen LogP contribution in [0.15, 0.2) is 24.3 Å². The predicted octanol–water partition coefficient (Wildman–Crippen LogP) is 2.55. The largest absolute Gasteiger partial charge is 0.416 e. The number of carbonyl (C=O) groups excluding carboxylic acids is 2. The van der Waals surface area contributed by atoms with Crippen LogP contribution in [0.3, 0.4) is 0 Å². The first-order chi connectivity index (χ1) is 11.3. The van der Waals surface area contributed by atoms with Crippen molar-refractivity contribution in [3.8, 4) is 0 Å². The summed E-state index contributed by atoms with van der Waals surface area (Å²) in [6, 6.07) is 4.52. The number of benzene rings is 1. The van der Waals surface area contributed by atoms with Gasteiger partial charge in [0.2, 0.25) is 11.8 Å². The van der Waals surface area contributed by atoms with Gasteiger partial charge in [-0.3, -0.25) is 14.9 Å². The zero-order valence-electron chi connectivity index (χ0n) is 12.9. The third-order valence-electron chi connectivity index (χ3n) is 3.46. The molecule has 1 aromatic carbocycles. The summed E-state index contributed by atoms with van der Waals surface area (Å²) in [5, 5.41) is 8.33. The number of thioether (sulfide) groups is 1. The van der Waals surface area contributed by atoms with Crippen molar-refractivity contribution < 1.29 is 22.8 Å². The Morgan fingerprint density at radius 2 is 2.17 bits per heavy atom. The van der Waals surface area contributed by atoms with Gasteiger partial charge in [0.15, 0.2) is 0 Å². The number of carbonyl (C=O) groups is 2. The lowest BCUT2D eigenvalue weighted by Gasteiger charge is -2.30. The summed E-state index contributed by atoms with van der Waals surface area (Å²) in [5.41, 5.74) is -1.12. The van der Waals surface area contributed by atoms with Gasteiger partial charge in [-0.05, 0) is 24.6 Å². The monoisotopic (exact) mass is 361 g/mol. The maximum atomic E-state index is 12.6. The van der Waals surface area contributed by atoms with Crippen LogP contribution in [-0.2, 0) is 15.8 Å². The van der Waals surface area contributed by atoms with E-state index in [4.69, 9.17) is 0 Å². The zero-order chi connectivity index (χ0) is 17.7. The molecule has 132 valence electrons. The Morgan fingerprint density at radius 1 is 1.42 bits per heavy atom. The molecule has 3 N–H and O–H groups in total. The highest BCUT2D eigenvalue weighted by atomic mass is 32.2. The number of amides is 2. The predicted molar refractivity (Wildman–Crippen MR) is 86.3 cm³/mol. The molecule has 0 saturated carbocycles. The molecule has 2 unspecified atom stereocenters. The Bertz CT molecular complexity index is 610. The Kier molecular flexibility index (Phi) is 6.11. The van der Waals surface area contributed by atoms with E-state index in [1.807, 2.05) is 6.92 Å². The molecule has 5 nitrogen and oxygen atoms in total. The molecule has 0 spiro atoms. The van der Waals surface area contributed by atoms with Gasteiger partial charge in [0.1, 0.15) is 5.50 Å². The van der Waals surface area contributed by atoms with Crippen molar-refractivity contribution in [2.45, 2.75) is 37.5 Å². The van der Waals surface area contributed by atoms with Crippen LogP contribution in [0, 0.1) is 0 Å². The molecule has 9 heteroatoms. The fourth-order valence-electron chi connectivity index (χ4n) is 2.22. The molecule has 1 saturated heterocycles. The van der Waals surface area contributed by atoms with Crippen LogP contribution in [0.4, 0.5) is 18.9 Å². The summed E-state index contributed by atoms with van der Waals surface area (Å²) < 4.78 is 37.9. The van der Waals surface area contributed by atoms with E-state index >= 15 is 0 Å². The average Bonchev–Trinajstić information content (AvgIpc) is 2.52. The van der Waals surface area contributed by atoms with E-state index in [2.05, 4.69) is 16.0 Å². The molecule has 24 heavy (non-hydrogen) atoms. The molecular weight excluding hydrogens is 343 g/mol. The second-order valence-electron chi connectivity index (χ2n) is 5.36. The van der Waals surface area contributed by atoms with Crippen molar-refractivity contribution >= 4 is 29.3 Å². The highest BCUT2D eigenvalue weighted by Gasteiger charge is 2.30. The van der Waals surface area contributed by atoms with Crippen molar-refractivity contribution in [1.29, 1.82) is 0 Å². The van der Waals surface area contributed by atoms with Gasteiger partial charge in [-0.2, -0.15) is 13.2 Å². The van der Waals surface area contributed by atoms with E-state index in [9.17, 15) is 22.8 Å². The van der Waals surface area contributed by atoms with Crippen molar-refractivity contribution in [3.05, 3.63) is 29.8 Å². The van der Waals surface area contributed by atoms with Crippen LogP contribution in [0.1, 0.15) is 25.3 Å². The quantitative estimate of drug-likeness (QED) is 0.754. The van der Waals surface area contributed by atoms with Crippen LogP contribution < -0.4 is 16.0 Å². The lowest BCUT2D eigenvalue weighted by atomic mass is 10.1. The van der Waals surface area contributed by atoms with Crippen LogP contribution in [0.25, 0.3) is 0 Å². The van der Waals surface area contributed by atoms with Gasteiger partial charge in [0, 0.05) is 18.2 Å². The summed E-state index contributed by atoms with van der Waals surface area (Å²) >= 11 is 1.18. The zero-order valence-corrected chi connectivity index (χ0v) is 13.8. The molecule has 1 aliphatic heterocycles. The van der Waals surface area contributed by atoms with Crippen molar-refractivity contribution in [3.63, 3.8) is 0 Å². The van der Waals surface area contributed by atoms with Gasteiger partial charge in [-0.15, -0.1) is 11.8 Å². The topological polar surface area (TPSA) is 70.2 Å². The highest BCUT2D eigenvalue weighted by Crippen LogP contribution is 2.30. The molecule has 2 rings (SSSR count). The number of hydrogen-bond donors (Lipinski definition) is 3. The fourth-order valence-corrected chi connectivity index (χ4v) is 3.12.